The molecular weight excluding hydrogens is 253 g/mol. The number of halogens is 1. The quantitative estimate of drug-likeness (QED) is 0.806. The van der Waals surface area contributed by atoms with Crippen LogP contribution in [0.1, 0.15) is 33.1 Å². The van der Waals surface area contributed by atoms with Gasteiger partial charge in [0.2, 0.25) is 5.91 Å². The number of carbonyl (C=O) groups is 1. The number of benzene rings is 1. The lowest BCUT2D eigenvalue weighted by Gasteiger charge is -2.37. The van der Waals surface area contributed by atoms with Crippen molar-refractivity contribution in [1.82, 2.24) is 0 Å². The standard InChI is InChI=1S/C17H20FNO/c1-11-16(2,3)12-8-9-17(11,10-12)15(20)19-14-7-5-4-6-13(14)18/h4-7,12H,1,8-10H2,2-3H3,(H,19,20)/t12-,17+/m0/s1. The lowest BCUT2D eigenvalue weighted by atomic mass is 9.68. The van der Waals surface area contributed by atoms with Crippen LogP contribution in [0.25, 0.3) is 0 Å². The van der Waals surface area contributed by atoms with Crippen LogP contribution in [-0.2, 0) is 4.79 Å². The third-order valence-corrected chi connectivity index (χ3v) is 5.45. The van der Waals surface area contributed by atoms with E-state index in [4.69, 9.17) is 0 Å². The van der Waals surface area contributed by atoms with Crippen molar-refractivity contribution in [2.75, 3.05) is 5.32 Å². The summed E-state index contributed by atoms with van der Waals surface area (Å²) in [6, 6.07) is 6.30. The molecule has 1 aromatic rings. The smallest absolute Gasteiger partial charge is 0.234 e. The van der Waals surface area contributed by atoms with Crippen LogP contribution >= 0.6 is 0 Å². The van der Waals surface area contributed by atoms with E-state index < -0.39 is 11.2 Å². The van der Waals surface area contributed by atoms with E-state index in [1.165, 1.54) is 6.07 Å². The van der Waals surface area contributed by atoms with Crippen molar-refractivity contribution in [2.45, 2.75) is 33.1 Å². The third kappa shape index (κ3) is 1.65. The molecule has 1 aromatic carbocycles. The Balaban J connectivity index is 1.89. The van der Waals surface area contributed by atoms with Gasteiger partial charge in [0.25, 0.3) is 0 Å². The van der Waals surface area contributed by atoms with Gasteiger partial charge in [-0.05, 0) is 42.7 Å². The molecule has 3 rings (SSSR count). The van der Waals surface area contributed by atoms with Crippen LogP contribution in [0.3, 0.4) is 0 Å². The van der Waals surface area contributed by atoms with E-state index >= 15 is 0 Å². The number of carbonyl (C=O) groups excluding carboxylic acids is 1. The number of hydrogen-bond donors (Lipinski definition) is 1. The van der Waals surface area contributed by atoms with E-state index in [2.05, 4.69) is 25.7 Å². The fraction of sp³-hybridized carbons (Fsp3) is 0.471. The maximum Gasteiger partial charge on any atom is 0.234 e. The van der Waals surface area contributed by atoms with Gasteiger partial charge in [-0.25, -0.2) is 4.39 Å². The number of hydrogen-bond acceptors (Lipinski definition) is 1. The van der Waals surface area contributed by atoms with Crippen LogP contribution in [0.15, 0.2) is 36.4 Å². The van der Waals surface area contributed by atoms with Gasteiger partial charge in [-0.2, -0.15) is 0 Å². The first-order valence-electron chi connectivity index (χ1n) is 7.14. The van der Waals surface area contributed by atoms with Gasteiger partial charge in [-0.1, -0.05) is 38.1 Å². The zero-order valence-electron chi connectivity index (χ0n) is 12.0. The SMILES string of the molecule is C=C1C(C)(C)[C@H]2CC[C@@]1(C(=O)Nc1ccccc1F)C2. The van der Waals surface area contributed by atoms with E-state index in [9.17, 15) is 9.18 Å². The molecule has 0 spiro atoms. The van der Waals surface area contributed by atoms with Crippen LogP contribution < -0.4 is 5.32 Å². The summed E-state index contributed by atoms with van der Waals surface area (Å²) in [6.45, 7) is 8.52. The largest absolute Gasteiger partial charge is 0.323 e. The number of anilines is 1. The normalized spacial score (nSPS) is 30.6. The second-order valence-corrected chi connectivity index (χ2v) is 6.66. The average molecular weight is 273 g/mol. The molecule has 0 aliphatic heterocycles. The highest BCUT2D eigenvalue weighted by molar-refractivity contribution is 5.98. The summed E-state index contributed by atoms with van der Waals surface area (Å²) >= 11 is 0. The van der Waals surface area contributed by atoms with Crippen LogP contribution in [0, 0.1) is 22.6 Å². The predicted octanol–water partition coefficient (Wildman–Crippen LogP) is 4.15. The molecule has 3 heteroatoms. The van der Waals surface area contributed by atoms with Crippen LogP contribution in [-0.4, -0.2) is 5.91 Å². The van der Waals surface area contributed by atoms with Crippen LogP contribution in [0.2, 0.25) is 0 Å². The summed E-state index contributed by atoms with van der Waals surface area (Å²) in [6.07, 6.45) is 2.73. The molecule has 106 valence electrons. The highest BCUT2D eigenvalue weighted by Gasteiger charge is 2.60. The minimum Gasteiger partial charge on any atom is -0.323 e. The zero-order valence-corrected chi connectivity index (χ0v) is 12.0. The molecule has 0 heterocycles. The highest BCUT2D eigenvalue weighted by atomic mass is 19.1. The Bertz CT molecular complexity index is 592. The number of amides is 1. The molecule has 2 saturated carbocycles. The van der Waals surface area contributed by atoms with E-state index in [-0.39, 0.29) is 17.0 Å². The van der Waals surface area contributed by atoms with Gasteiger partial charge in [0.1, 0.15) is 5.82 Å². The van der Waals surface area contributed by atoms with Gasteiger partial charge in [0.15, 0.2) is 0 Å². The fourth-order valence-electron chi connectivity index (χ4n) is 3.95. The summed E-state index contributed by atoms with van der Waals surface area (Å²) in [4.78, 5) is 12.7. The summed E-state index contributed by atoms with van der Waals surface area (Å²) in [5, 5.41) is 2.76. The summed E-state index contributed by atoms with van der Waals surface area (Å²) < 4.78 is 13.7. The molecule has 2 atom stereocenters. The highest BCUT2D eigenvalue weighted by Crippen LogP contribution is 2.65. The van der Waals surface area contributed by atoms with Gasteiger partial charge in [-0.15, -0.1) is 0 Å². The minimum absolute atomic E-state index is 0.00478. The molecule has 0 radical (unpaired) electrons. The lowest BCUT2D eigenvalue weighted by Crippen LogP contribution is -2.37. The maximum absolute atomic E-state index is 13.7. The van der Waals surface area contributed by atoms with Crippen molar-refractivity contribution >= 4 is 11.6 Å². The Morgan fingerprint density at radius 3 is 2.70 bits per heavy atom. The van der Waals surface area contributed by atoms with E-state index in [1.54, 1.807) is 18.2 Å². The van der Waals surface area contributed by atoms with Crippen LogP contribution in [0.5, 0.6) is 0 Å². The summed E-state index contributed by atoms with van der Waals surface area (Å²) in [5.74, 6) is 0.0247. The molecule has 1 amide bonds. The van der Waals surface area contributed by atoms with Gasteiger partial charge < -0.3 is 5.32 Å². The second kappa shape index (κ2) is 4.18. The van der Waals surface area contributed by atoms with Crippen molar-refractivity contribution in [3.05, 3.63) is 42.2 Å². The average Bonchev–Trinajstić information content (AvgIpc) is 2.93. The maximum atomic E-state index is 13.7. The molecule has 0 unspecified atom stereocenters. The molecule has 20 heavy (non-hydrogen) atoms. The predicted molar refractivity (Wildman–Crippen MR) is 77.7 cm³/mol. The van der Waals surface area contributed by atoms with Gasteiger partial charge >= 0.3 is 0 Å². The number of fused-ring (bicyclic) bond motifs is 2. The molecule has 2 aliphatic carbocycles. The van der Waals surface area contributed by atoms with E-state index in [0.29, 0.717) is 5.92 Å². The molecule has 2 nitrogen and oxygen atoms in total. The molecule has 2 fully saturated rings. The lowest BCUT2D eigenvalue weighted by molar-refractivity contribution is -0.123. The fourth-order valence-corrected chi connectivity index (χ4v) is 3.95. The number of nitrogens with one attached hydrogen (secondary N) is 1. The van der Waals surface area contributed by atoms with Crippen molar-refractivity contribution < 1.29 is 9.18 Å². The Hall–Kier alpha value is -1.64. The van der Waals surface area contributed by atoms with Crippen LogP contribution in [0.4, 0.5) is 10.1 Å². The Kier molecular flexibility index (Phi) is 2.79. The van der Waals surface area contributed by atoms with Gasteiger partial charge in [0, 0.05) is 0 Å². The van der Waals surface area contributed by atoms with E-state index in [1.807, 2.05) is 0 Å². The zero-order chi connectivity index (χ0) is 14.5. The third-order valence-electron chi connectivity index (χ3n) is 5.45. The van der Waals surface area contributed by atoms with Crippen molar-refractivity contribution in [1.29, 1.82) is 0 Å². The minimum atomic E-state index is -0.504. The van der Waals surface area contributed by atoms with Gasteiger partial charge in [-0.3, -0.25) is 4.79 Å². The van der Waals surface area contributed by atoms with E-state index in [0.717, 1.165) is 24.8 Å². The number of rotatable bonds is 2. The Labute approximate surface area is 119 Å². The Morgan fingerprint density at radius 1 is 1.40 bits per heavy atom. The number of para-hydroxylation sites is 1. The molecule has 2 aliphatic rings. The molecule has 2 bridgehead atoms. The Morgan fingerprint density at radius 2 is 2.10 bits per heavy atom. The molecule has 0 saturated heterocycles. The topological polar surface area (TPSA) is 29.1 Å². The summed E-state index contributed by atoms with van der Waals surface area (Å²) in [5.41, 5.74) is 0.768. The molecule has 1 N–H and O–H groups in total. The first kappa shape index (κ1) is 13.3. The second-order valence-electron chi connectivity index (χ2n) is 6.66. The van der Waals surface area contributed by atoms with Crippen molar-refractivity contribution in [2.24, 2.45) is 16.7 Å². The first-order chi connectivity index (χ1) is 9.38. The molecule has 0 aromatic heterocycles. The van der Waals surface area contributed by atoms with Crippen molar-refractivity contribution in [3.8, 4) is 0 Å². The monoisotopic (exact) mass is 273 g/mol. The first-order valence-corrected chi connectivity index (χ1v) is 7.14. The molecular formula is C17H20FNO. The van der Waals surface area contributed by atoms with Crippen molar-refractivity contribution in [3.63, 3.8) is 0 Å². The summed E-state index contributed by atoms with van der Waals surface area (Å²) in [7, 11) is 0. The van der Waals surface area contributed by atoms with Gasteiger partial charge in [0.05, 0.1) is 11.1 Å².